The maximum atomic E-state index is 12.1. The van der Waals surface area contributed by atoms with Crippen LogP contribution < -0.4 is 10.6 Å². The minimum atomic E-state index is -0.490. The van der Waals surface area contributed by atoms with Crippen LogP contribution in [0, 0.1) is 0 Å². The molecule has 0 spiro atoms. The van der Waals surface area contributed by atoms with Gasteiger partial charge in [-0.25, -0.2) is 4.79 Å². The van der Waals surface area contributed by atoms with E-state index in [1.165, 1.54) is 6.42 Å². The largest absolute Gasteiger partial charge is 0.444 e. The molecule has 1 aliphatic heterocycles. The summed E-state index contributed by atoms with van der Waals surface area (Å²) in [7, 11) is 0. The van der Waals surface area contributed by atoms with Gasteiger partial charge in [0.2, 0.25) is 0 Å². The topological polar surface area (TPSA) is 50.4 Å². The van der Waals surface area contributed by atoms with Crippen molar-refractivity contribution in [1.29, 1.82) is 0 Å². The third-order valence-electron chi connectivity index (χ3n) is 3.70. The summed E-state index contributed by atoms with van der Waals surface area (Å²) >= 11 is 2.00. The third kappa shape index (κ3) is 6.43. The molecule has 0 saturated carbocycles. The minimum absolute atomic E-state index is 0.0908. The molecule has 1 heterocycles. The van der Waals surface area contributed by atoms with Crippen LogP contribution in [-0.2, 0) is 4.74 Å². The number of ether oxygens (including phenoxy) is 1. The first kappa shape index (κ1) is 18.1. The Morgan fingerprint density at radius 1 is 1.35 bits per heavy atom. The molecule has 0 aromatic heterocycles. The fraction of sp³-hybridized carbons (Fsp3) is 0.611. The molecule has 1 saturated heterocycles. The molecule has 0 aliphatic carbocycles. The maximum absolute atomic E-state index is 12.1. The lowest BCUT2D eigenvalue weighted by molar-refractivity contribution is 0.0502. The normalized spacial score (nSPS) is 22.6. The standard InChI is InChI=1S/C18H28N2O2S/c1-13-10-15(12-23-13)19-11-16(14-8-6-5-7-9-14)20-17(21)22-18(2,3)4/h5-9,13,15-16,19H,10-12H2,1-4H3,(H,20,21). The van der Waals surface area contributed by atoms with Gasteiger partial charge in [-0.3, -0.25) is 0 Å². The van der Waals surface area contributed by atoms with Crippen molar-refractivity contribution in [2.75, 3.05) is 12.3 Å². The van der Waals surface area contributed by atoms with E-state index in [-0.39, 0.29) is 12.1 Å². The first-order valence-corrected chi connectivity index (χ1v) is 9.28. The van der Waals surface area contributed by atoms with Crippen molar-refractivity contribution in [3.63, 3.8) is 0 Å². The Hall–Kier alpha value is -1.20. The molecule has 1 fully saturated rings. The molecule has 3 atom stereocenters. The van der Waals surface area contributed by atoms with Crippen molar-refractivity contribution in [1.82, 2.24) is 10.6 Å². The molecular weight excluding hydrogens is 308 g/mol. The lowest BCUT2D eigenvalue weighted by Crippen LogP contribution is -2.41. The zero-order chi connectivity index (χ0) is 16.9. The Morgan fingerprint density at radius 3 is 2.61 bits per heavy atom. The van der Waals surface area contributed by atoms with E-state index in [0.717, 1.165) is 11.3 Å². The zero-order valence-electron chi connectivity index (χ0n) is 14.5. The smallest absolute Gasteiger partial charge is 0.408 e. The van der Waals surface area contributed by atoms with Gasteiger partial charge in [0.1, 0.15) is 5.60 Å². The number of amides is 1. The van der Waals surface area contributed by atoms with E-state index in [0.29, 0.717) is 17.8 Å². The number of thioether (sulfide) groups is 1. The summed E-state index contributed by atoms with van der Waals surface area (Å²) in [6.07, 6.45) is 0.806. The summed E-state index contributed by atoms with van der Waals surface area (Å²) in [6, 6.07) is 10.5. The Bertz CT molecular complexity index is 501. The van der Waals surface area contributed by atoms with Crippen molar-refractivity contribution < 1.29 is 9.53 Å². The van der Waals surface area contributed by atoms with Gasteiger partial charge in [0.25, 0.3) is 0 Å². The number of hydrogen-bond donors (Lipinski definition) is 2. The van der Waals surface area contributed by atoms with Gasteiger partial charge in [-0.1, -0.05) is 37.3 Å². The van der Waals surface area contributed by atoms with Gasteiger partial charge in [0, 0.05) is 23.6 Å². The summed E-state index contributed by atoms with van der Waals surface area (Å²) in [5.41, 5.74) is 0.598. The molecule has 0 bridgehead atoms. The Labute approximate surface area is 143 Å². The molecule has 5 heteroatoms. The first-order valence-electron chi connectivity index (χ1n) is 8.23. The number of nitrogens with one attached hydrogen (secondary N) is 2. The fourth-order valence-corrected chi connectivity index (χ4v) is 3.81. The molecule has 2 rings (SSSR count). The predicted molar refractivity (Wildman–Crippen MR) is 96.9 cm³/mol. The first-order chi connectivity index (χ1) is 10.8. The zero-order valence-corrected chi connectivity index (χ0v) is 15.3. The van der Waals surface area contributed by atoms with Crippen molar-refractivity contribution in [2.45, 2.75) is 57.1 Å². The number of rotatable bonds is 5. The highest BCUT2D eigenvalue weighted by atomic mass is 32.2. The highest BCUT2D eigenvalue weighted by molar-refractivity contribution is 8.00. The maximum Gasteiger partial charge on any atom is 0.408 e. The summed E-state index contributed by atoms with van der Waals surface area (Å²) in [4.78, 5) is 12.1. The highest BCUT2D eigenvalue weighted by Gasteiger charge is 2.24. The van der Waals surface area contributed by atoms with Gasteiger partial charge in [0.15, 0.2) is 0 Å². The monoisotopic (exact) mass is 336 g/mol. The third-order valence-corrected chi connectivity index (χ3v) is 5.06. The molecule has 1 aliphatic rings. The molecule has 1 amide bonds. The Morgan fingerprint density at radius 2 is 2.04 bits per heavy atom. The second-order valence-electron chi connectivity index (χ2n) is 7.09. The molecule has 1 aromatic carbocycles. The second-order valence-corrected chi connectivity index (χ2v) is 8.57. The summed E-state index contributed by atoms with van der Waals surface area (Å²) in [6.45, 7) is 8.60. The van der Waals surface area contributed by atoms with Crippen LogP contribution in [0.5, 0.6) is 0 Å². The molecule has 1 aromatic rings. The minimum Gasteiger partial charge on any atom is -0.444 e. The van der Waals surface area contributed by atoms with Gasteiger partial charge < -0.3 is 15.4 Å². The van der Waals surface area contributed by atoms with Gasteiger partial charge in [-0.2, -0.15) is 11.8 Å². The van der Waals surface area contributed by atoms with Crippen LogP contribution in [0.2, 0.25) is 0 Å². The molecule has 3 unspecified atom stereocenters. The summed E-state index contributed by atoms with van der Waals surface area (Å²) in [5, 5.41) is 7.29. The molecular formula is C18H28N2O2S. The van der Waals surface area contributed by atoms with E-state index in [9.17, 15) is 4.79 Å². The van der Waals surface area contributed by atoms with E-state index in [1.807, 2.05) is 62.9 Å². The summed E-state index contributed by atoms with van der Waals surface area (Å²) < 4.78 is 5.40. The summed E-state index contributed by atoms with van der Waals surface area (Å²) in [5.74, 6) is 1.13. The quantitative estimate of drug-likeness (QED) is 0.860. The van der Waals surface area contributed by atoms with Crippen molar-refractivity contribution in [3.05, 3.63) is 35.9 Å². The van der Waals surface area contributed by atoms with Crippen LogP contribution >= 0.6 is 11.8 Å². The lowest BCUT2D eigenvalue weighted by Gasteiger charge is -2.25. The van der Waals surface area contributed by atoms with Gasteiger partial charge in [0.05, 0.1) is 6.04 Å². The number of alkyl carbamates (subject to hydrolysis) is 1. The van der Waals surface area contributed by atoms with E-state index in [1.54, 1.807) is 0 Å². The van der Waals surface area contributed by atoms with Gasteiger partial charge >= 0.3 is 6.09 Å². The molecule has 0 radical (unpaired) electrons. The van der Waals surface area contributed by atoms with Gasteiger partial charge in [-0.05, 0) is 32.8 Å². The van der Waals surface area contributed by atoms with Crippen LogP contribution in [-0.4, -0.2) is 35.3 Å². The SMILES string of the molecule is CC1CC(NCC(NC(=O)OC(C)(C)C)c2ccccc2)CS1. The number of carbonyl (C=O) groups is 1. The van der Waals surface area contributed by atoms with E-state index >= 15 is 0 Å². The van der Waals surface area contributed by atoms with Crippen molar-refractivity contribution in [3.8, 4) is 0 Å². The Balaban J connectivity index is 1.96. The van der Waals surface area contributed by atoms with Crippen molar-refractivity contribution >= 4 is 17.9 Å². The number of hydrogen-bond acceptors (Lipinski definition) is 4. The number of benzene rings is 1. The lowest BCUT2D eigenvalue weighted by atomic mass is 10.1. The van der Waals surface area contributed by atoms with E-state index in [4.69, 9.17) is 4.74 Å². The van der Waals surface area contributed by atoms with Gasteiger partial charge in [-0.15, -0.1) is 0 Å². The number of carbonyl (C=O) groups excluding carboxylic acids is 1. The highest BCUT2D eigenvalue weighted by Crippen LogP contribution is 2.26. The predicted octanol–water partition coefficient (Wildman–Crippen LogP) is 3.74. The molecule has 128 valence electrons. The van der Waals surface area contributed by atoms with Crippen LogP contribution in [0.4, 0.5) is 4.79 Å². The van der Waals surface area contributed by atoms with Crippen molar-refractivity contribution in [2.24, 2.45) is 0 Å². The van der Waals surface area contributed by atoms with Crippen LogP contribution in [0.3, 0.4) is 0 Å². The van der Waals surface area contributed by atoms with Crippen LogP contribution in [0.15, 0.2) is 30.3 Å². The average Bonchev–Trinajstić information content (AvgIpc) is 2.88. The molecule has 23 heavy (non-hydrogen) atoms. The second kappa shape index (κ2) is 8.06. The molecule has 2 N–H and O–H groups in total. The van der Waals surface area contributed by atoms with Crippen LogP contribution in [0.1, 0.15) is 45.7 Å². The van der Waals surface area contributed by atoms with E-state index in [2.05, 4.69) is 17.6 Å². The fourth-order valence-electron chi connectivity index (χ4n) is 2.63. The van der Waals surface area contributed by atoms with E-state index < -0.39 is 5.60 Å². The molecule has 4 nitrogen and oxygen atoms in total. The van der Waals surface area contributed by atoms with Crippen LogP contribution in [0.25, 0.3) is 0 Å². The average molecular weight is 337 g/mol. The Kier molecular flexibility index (Phi) is 6.36.